The lowest BCUT2D eigenvalue weighted by Crippen LogP contribution is -2.54. The molecule has 0 aliphatic heterocycles. The van der Waals surface area contributed by atoms with Gasteiger partial charge < -0.3 is 10.6 Å². The highest BCUT2D eigenvalue weighted by molar-refractivity contribution is 5.75. The second-order valence-electron chi connectivity index (χ2n) is 5.89. The number of carbonyl (C=O) groups excluding carboxylic acids is 1. The molecule has 1 fully saturated rings. The van der Waals surface area contributed by atoms with Crippen LogP contribution in [-0.4, -0.2) is 17.6 Å². The van der Waals surface area contributed by atoms with Crippen molar-refractivity contribution >= 4 is 6.03 Å². The van der Waals surface area contributed by atoms with Crippen molar-refractivity contribution < 1.29 is 9.18 Å². The number of nitrogens with zero attached hydrogens (tertiary/aromatic N) is 1. The van der Waals surface area contributed by atoms with Crippen molar-refractivity contribution in [3.63, 3.8) is 0 Å². The molecule has 1 aliphatic carbocycles. The van der Waals surface area contributed by atoms with Crippen LogP contribution in [0.15, 0.2) is 48.7 Å². The van der Waals surface area contributed by atoms with Gasteiger partial charge in [-0.15, -0.1) is 0 Å². The van der Waals surface area contributed by atoms with E-state index in [-0.39, 0.29) is 17.4 Å². The van der Waals surface area contributed by atoms with Crippen LogP contribution < -0.4 is 10.6 Å². The van der Waals surface area contributed by atoms with Gasteiger partial charge in [0, 0.05) is 24.9 Å². The molecule has 2 amide bonds. The van der Waals surface area contributed by atoms with E-state index >= 15 is 0 Å². The molecule has 1 heterocycles. The first-order chi connectivity index (χ1) is 11.2. The van der Waals surface area contributed by atoms with E-state index in [1.165, 1.54) is 12.1 Å². The molecule has 3 rings (SSSR count). The minimum absolute atomic E-state index is 0.190. The van der Waals surface area contributed by atoms with Crippen LogP contribution in [0.3, 0.4) is 0 Å². The molecule has 5 heteroatoms. The third kappa shape index (κ3) is 3.67. The predicted octanol–water partition coefficient (Wildman–Crippen LogP) is 3.14. The van der Waals surface area contributed by atoms with E-state index in [4.69, 9.17) is 0 Å². The molecule has 4 nitrogen and oxygen atoms in total. The number of urea groups is 1. The first-order valence-electron chi connectivity index (χ1n) is 7.90. The predicted molar refractivity (Wildman–Crippen MR) is 86.4 cm³/mol. The molecule has 1 aromatic carbocycles. The van der Waals surface area contributed by atoms with E-state index in [1.807, 2.05) is 18.2 Å². The van der Waals surface area contributed by atoms with Crippen LogP contribution in [0.25, 0.3) is 0 Å². The fourth-order valence-electron chi connectivity index (χ4n) is 2.90. The summed E-state index contributed by atoms with van der Waals surface area (Å²) in [6.07, 6.45) is 5.26. The van der Waals surface area contributed by atoms with Crippen molar-refractivity contribution in [1.29, 1.82) is 0 Å². The fraction of sp³-hybridized carbons (Fsp3) is 0.333. The summed E-state index contributed by atoms with van der Waals surface area (Å²) in [5, 5.41) is 5.93. The van der Waals surface area contributed by atoms with E-state index in [0.29, 0.717) is 13.0 Å². The Morgan fingerprint density at radius 2 is 1.96 bits per heavy atom. The quantitative estimate of drug-likeness (QED) is 0.891. The summed E-state index contributed by atoms with van der Waals surface area (Å²) in [6.45, 7) is 0.530. The van der Waals surface area contributed by atoms with Gasteiger partial charge in [-0.25, -0.2) is 9.18 Å². The summed E-state index contributed by atoms with van der Waals surface area (Å²) in [5.41, 5.74) is 1.55. The van der Waals surface area contributed by atoms with Gasteiger partial charge in [0.1, 0.15) is 5.82 Å². The molecule has 1 saturated carbocycles. The highest BCUT2D eigenvalue weighted by Gasteiger charge is 2.39. The zero-order valence-corrected chi connectivity index (χ0v) is 12.9. The standard InChI is InChI=1S/C18H20FN3O/c19-15-7-5-14(6-8-15)18(10-3-11-18)22-17(23)21-13-9-16-4-1-2-12-20-16/h1-2,4-8,12H,3,9-11,13H2,(H2,21,22,23). The number of aromatic nitrogens is 1. The molecular formula is C18H20FN3O. The van der Waals surface area contributed by atoms with Crippen molar-refractivity contribution in [1.82, 2.24) is 15.6 Å². The van der Waals surface area contributed by atoms with Gasteiger partial charge in [0.05, 0.1) is 5.54 Å². The number of pyridine rings is 1. The maximum absolute atomic E-state index is 13.1. The second-order valence-corrected chi connectivity index (χ2v) is 5.89. The molecule has 1 aromatic heterocycles. The van der Waals surface area contributed by atoms with Crippen molar-refractivity contribution in [2.24, 2.45) is 0 Å². The van der Waals surface area contributed by atoms with Crippen LogP contribution >= 0.6 is 0 Å². The maximum atomic E-state index is 13.1. The summed E-state index contributed by atoms with van der Waals surface area (Å²) in [6, 6.07) is 11.9. The van der Waals surface area contributed by atoms with Gasteiger partial charge in [0.2, 0.25) is 0 Å². The van der Waals surface area contributed by atoms with Crippen molar-refractivity contribution in [3.05, 3.63) is 65.7 Å². The van der Waals surface area contributed by atoms with E-state index in [2.05, 4.69) is 15.6 Å². The molecule has 0 saturated heterocycles. The maximum Gasteiger partial charge on any atom is 0.315 e. The molecule has 0 bridgehead atoms. The van der Waals surface area contributed by atoms with Gasteiger partial charge in [-0.1, -0.05) is 18.2 Å². The minimum atomic E-state index is -0.358. The third-order valence-corrected chi connectivity index (χ3v) is 4.35. The lowest BCUT2D eigenvalue weighted by Gasteiger charge is -2.43. The van der Waals surface area contributed by atoms with Gasteiger partial charge in [-0.05, 0) is 49.1 Å². The minimum Gasteiger partial charge on any atom is -0.338 e. The van der Waals surface area contributed by atoms with Crippen LogP contribution in [0.5, 0.6) is 0 Å². The van der Waals surface area contributed by atoms with Crippen LogP contribution in [0, 0.1) is 5.82 Å². The topological polar surface area (TPSA) is 54.0 Å². The molecule has 0 unspecified atom stereocenters. The molecule has 1 aliphatic rings. The molecule has 23 heavy (non-hydrogen) atoms. The molecule has 0 spiro atoms. The summed E-state index contributed by atoms with van der Waals surface area (Å²) in [7, 11) is 0. The number of hydrogen-bond donors (Lipinski definition) is 2. The fourth-order valence-corrected chi connectivity index (χ4v) is 2.90. The van der Waals surface area contributed by atoms with Gasteiger partial charge >= 0.3 is 6.03 Å². The second kappa shape index (κ2) is 6.77. The Kier molecular flexibility index (Phi) is 4.55. The molecule has 2 aromatic rings. The summed E-state index contributed by atoms with van der Waals surface area (Å²) >= 11 is 0. The Labute approximate surface area is 135 Å². The zero-order valence-electron chi connectivity index (χ0n) is 12.9. The molecular weight excluding hydrogens is 293 g/mol. The Bertz CT molecular complexity index is 654. The number of benzene rings is 1. The highest BCUT2D eigenvalue weighted by atomic mass is 19.1. The lowest BCUT2D eigenvalue weighted by atomic mass is 9.72. The number of hydrogen-bond acceptors (Lipinski definition) is 2. The first kappa shape index (κ1) is 15.5. The van der Waals surface area contributed by atoms with E-state index in [1.54, 1.807) is 18.3 Å². The highest BCUT2D eigenvalue weighted by Crippen LogP contribution is 2.41. The van der Waals surface area contributed by atoms with Crippen LogP contribution in [0.4, 0.5) is 9.18 Å². The van der Waals surface area contributed by atoms with Crippen molar-refractivity contribution in [2.45, 2.75) is 31.2 Å². The van der Waals surface area contributed by atoms with Gasteiger partial charge in [0.15, 0.2) is 0 Å². The summed E-state index contributed by atoms with van der Waals surface area (Å²) in [5.74, 6) is -0.261. The number of rotatable bonds is 5. The molecule has 2 N–H and O–H groups in total. The number of carbonyl (C=O) groups is 1. The smallest absolute Gasteiger partial charge is 0.315 e. The SMILES string of the molecule is O=C(NCCc1ccccn1)NC1(c2ccc(F)cc2)CCC1. The average molecular weight is 313 g/mol. The number of halogens is 1. The Hall–Kier alpha value is -2.43. The lowest BCUT2D eigenvalue weighted by molar-refractivity contribution is 0.177. The van der Waals surface area contributed by atoms with E-state index in [9.17, 15) is 9.18 Å². The molecule has 120 valence electrons. The Balaban J connectivity index is 1.54. The Morgan fingerprint density at radius 3 is 2.57 bits per heavy atom. The summed E-state index contributed by atoms with van der Waals surface area (Å²) < 4.78 is 13.1. The van der Waals surface area contributed by atoms with Crippen molar-refractivity contribution in [2.75, 3.05) is 6.54 Å². The van der Waals surface area contributed by atoms with Crippen LogP contribution in [-0.2, 0) is 12.0 Å². The van der Waals surface area contributed by atoms with Gasteiger partial charge in [0.25, 0.3) is 0 Å². The average Bonchev–Trinajstić information content (AvgIpc) is 2.53. The third-order valence-electron chi connectivity index (χ3n) is 4.35. The number of amides is 2. The van der Waals surface area contributed by atoms with Gasteiger partial charge in [-0.3, -0.25) is 4.98 Å². The van der Waals surface area contributed by atoms with Crippen LogP contribution in [0.1, 0.15) is 30.5 Å². The molecule has 0 radical (unpaired) electrons. The zero-order chi connectivity index (χ0) is 16.1. The number of nitrogens with one attached hydrogen (secondary N) is 2. The Morgan fingerprint density at radius 1 is 1.17 bits per heavy atom. The van der Waals surface area contributed by atoms with E-state index < -0.39 is 0 Å². The molecule has 0 atom stereocenters. The monoisotopic (exact) mass is 313 g/mol. The van der Waals surface area contributed by atoms with Crippen molar-refractivity contribution in [3.8, 4) is 0 Å². The normalized spacial score (nSPS) is 15.5. The summed E-state index contributed by atoms with van der Waals surface area (Å²) in [4.78, 5) is 16.4. The van der Waals surface area contributed by atoms with Gasteiger partial charge in [-0.2, -0.15) is 0 Å². The first-order valence-corrected chi connectivity index (χ1v) is 7.90. The largest absolute Gasteiger partial charge is 0.338 e. The van der Waals surface area contributed by atoms with Crippen LogP contribution in [0.2, 0.25) is 0 Å². The van der Waals surface area contributed by atoms with E-state index in [0.717, 1.165) is 30.5 Å².